The molecule has 0 saturated heterocycles. The summed E-state index contributed by atoms with van der Waals surface area (Å²) in [7, 11) is 0. The van der Waals surface area contributed by atoms with Crippen LogP contribution in [0.5, 0.6) is 0 Å². The zero-order valence-corrected chi connectivity index (χ0v) is 22.7. The van der Waals surface area contributed by atoms with Gasteiger partial charge in [-0.25, -0.2) is 0 Å². The summed E-state index contributed by atoms with van der Waals surface area (Å²) in [5.41, 5.74) is -0.299. The van der Waals surface area contributed by atoms with E-state index in [1.54, 1.807) is 62.4 Å². The van der Waals surface area contributed by atoms with Crippen molar-refractivity contribution in [1.29, 1.82) is 0 Å². The van der Waals surface area contributed by atoms with Crippen LogP contribution in [0.2, 0.25) is 5.02 Å². The van der Waals surface area contributed by atoms with Gasteiger partial charge in [0.25, 0.3) is 5.91 Å². The van der Waals surface area contributed by atoms with Crippen molar-refractivity contribution in [3.8, 4) is 0 Å². The van der Waals surface area contributed by atoms with Crippen molar-refractivity contribution in [1.82, 2.24) is 4.57 Å². The molecule has 2 heterocycles. The van der Waals surface area contributed by atoms with Crippen LogP contribution in [0.3, 0.4) is 0 Å². The summed E-state index contributed by atoms with van der Waals surface area (Å²) in [5.74, 6) is -13.7. The van der Waals surface area contributed by atoms with Crippen LogP contribution in [0.1, 0.15) is 22.4 Å². The molecule has 1 amide bonds. The molecule has 0 aliphatic carbocycles. The molecule has 0 N–H and O–H groups in total. The Hall–Kier alpha value is -4.12. The number of fused-ring (bicyclic) bond motifs is 1. The minimum absolute atomic E-state index is 0.0905. The number of anilines is 1. The number of carbonyl (C=O) groups is 1. The normalized spacial score (nSPS) is 15.7. The van der Waals surface area contributed by atoms with Crippen molar-refractivity contribution < 1.29 is 35.5 Å². The van der Waals surface area contributed by atoms with E-state index in [2.05, 4.69) is 5.10 Å². The van der Waals surface area contributed by atoms with Crippen molar-refractivity contribution >= 4 is 45.9 Å². The van der Waals surface area contributed by atoms with Gasteiger partial charge in [-0.3, -0.25) is 4.79 Å². The molecule has 1 aliphatic rings. The summed E-state index contributed by atoms with van der Waals surface area (Å²) >= 11 is 5.99. The first-order valence-corrected chi connectivity index (χ1v) is 12.9. The molecule has 1 aromatic heterocycles. The number of benzene rings is 3. The van der Waals surface area contributed by atoms with E-state index < -0.39 is 35.2 Å². The zero-order valence-electron chi connectivity index (χ0n) is 22.0. The van der Waals surface area contributed by atoms with E-state index in [0.717, 1.165) is 17.2 Å². The number of hydrazone groups is 1. The maximum absolute atomic E-state index is 15.2. The monoisotopic (exact) mass is 607 g/mol. The number of carbonyl (C=O) groups excluding carboxylic acids is 1. The number of hydrogen-bond donors (Lipinski definition) is 0. The third-order valence-corrected chi connectivity index (χ3v) is 7.25. The maximum Gasteiger partial charge on any atom is 0.460 e. The maximum atomic E-state index is 15.2. The highest BCUT2D eigenvalue weighted by atomic mass is 35.5. The van der Waals surface area contributed by atoms with Crippen molar-refractivity contribution in [3.63, 3.8) is 0 Å². The van der Waals surface area contributed by atoms with Crippen LogP contribution >= 0.6 is 11.6 Å². The van der Waals surface area contributed by atoms with Crippen molar-refractivity contribution in [2.24, 2.45) is 5.10 Å². The Morgan fingerprint density at radius 3 is 2.14 bits per heavy atom. The number of halogens is 8. The summed E-state index contributed by atoms with van der Waals surface area (Å²) in [6, 6.07) is 19.2. The zero-order chi connectivity index (χ0) is 30.6. The number of aryl methyl sites for hydroxylation is 1. The van der Waals surface area contributed by atoms with E-state index in [1.165, 1.54) is 24.3 Å². The van der Waals surface area contributed by atoms with Crippen LogP contribution in [0.25, 0.3) is 17.0 Å². The van der Waals surface area contributed by atoms with Gasteiger partial charge in [0.1, 0.15) is 0 Å². The molecule has 12 heteroatoms. The van der Waals surface area contributed by atoms with Gasteiger partial charge >= 0.3 is 18.0 Å². The quantitative estimate of drug-likeness (QED) is 0.160. The molecule has 5 rings (SSSR count). The van der Waals surface area contributed by atoms with Crippen molar-refractivity contribution in [2.45, 2.75) is 38.4 Å². The first-order valence-electron chi connectivity index (χ1n) is 12.5. The molecule has 0 fully saturated rings. The van der Waals surface area contributed by atoms with Gasteiger partial charge in [0, 0.05) is 33.7 Å². The van der Waals surface area contributed by atoms with Crippen molar-refractivity contribution in [3.05, 3.63) is 106 Å². The lowest BCUT2D eigenvalue weighted by molar-refractivity contribution is -0.336. The topological polar surface area (TPSA) is 37.6 Å². The number of para-hydroxylation sites is 1. The molecule has 1 aliphatic heterocycles. The smallest absolute Gasteiger partial charge is 0.340 e. The van der Waals surface area contributed by atoms with Gasteiger partial charge in [0.15, 0.2) is 5.71 Å². The first kappa shape index (κ1) is 29.4. The molecule has 4 nitrogen and oxygen atoms in total. The molecule has 0 spiro atoms. The standard InChI is InChI=1S/C30H21ClF7N3O/c1-17-8-13-25-23(14-17)22(18(2)40(25)16-19-9-11-20(31)12-10-19)15-24-26(28(32,33)29(34,35)30(36,37)38)39-41(27(24)42)21-6-4-3-5-7-21/h3-15H,16H2,1-2H3/b24-15+. The fourth-order valence-corrected chi connectivity index (χ4v) is 4.90. The van der Waals surface area contributed by atoms with Crippen LogP contribution in [0, 0.1) is 13.8 Å². The number of alkyl halides is 7. The number of nitrogens with zero attached hydrogens (tertiary/aromatic N) is 3. The van der Waals surface area contributed by atoms with Crippen LogP contribution in [-0.4, -0.2) is 34.2 Å². The molecule has 218 valence electrons. The number of rotatable bonds is 6. The Bertz CT molecular complexity index is 1740. The average molecular weight is 608 g/mol. The van der Waals surface area contributed by atoms with Gasteiger partial charge in [0.05, 0.1) is 11.3 Å². The molecule has 0 saturated carbocycles. The van der Waals surface area contributed by atoms with Crippen LogP contribution in [0.15, 0.2) is 83.5 Å². The van der Waals surface area contributed by atoms with Gasteiger partial charge in [-0.15, -0.1) is 0 Å². The second-order valence-corrected chi connectivity index (χ2v) is 10.3. The van der Waals surface area contributed by atoms with Gasteiger partial charge in [0.2, 0.25) is 0 Å². The van der Waals surface area contributed by atoms with Gasteiger partial charge < -0.3 is 4.57 Å². The second kappa shape index (κ2) is 10.3. The van der Waals surface area contributed by atoms with Crippen LogP contribution in [-0.2, 0) is 11.3 Å². The highest BCUT2D eigenvalue weighted by molar-refractivity contribution is 6.35. The fraction of sp³-hybridized carbons (Fsp3) is 0.200. The molecule has 0 atom stereocenters. The van der Waals surface area contributed by atoms with E-state index in [0.29, 0.717) is 33.2 Å². The number of amides is 1. The lowest BCUT2D eigenvalue weighted by atomic mass is 9.96. The minimum Gasteiger partial charge on any atom is -0.340 e. The van der Waals surface area contributed by atoms with Gasteiger partial charge in [-0.1, -0.05) is 53.6 Å². The fourth-order valence-electron chi connectivity index (χ4n) is 4.77. The molecular weight excluding hydrogens is 587 g/mol. The molecule has 0 radical (unpaired) electrons. The first-order chi connectivity index (χ1) is 19.6. The molecule has 42 heavy (non-hydrogen) atoms. The third kappa shape index (κ3) is 4.85. The van der Waals surface area contributed by atoms with E-state index in [1.807, 2.05) is 4.57 Å². The Balaban J connectivity index is 1.73. The Labute approximate surface area is 240 Å². The Morgan fingerprint density at radius 2 is 1.52 bits per heavy atom. The molecule has 3 aromatic carbocycles. The predicted molar refractivity (Wildman–Crippen MR) is 147 cm³/mol. The third-order valence-electron chi connectivity index (χ3n) is 7.00. The molecular formula is C30H21ClF7N3O. The highest BCUT2D eigenvalue weighted by Gasteiger charge is 2.76. The number of aromatic nitrogens is 1. The highest BCUT2D eigenvalue weighted by Crippen LogP contribution is 2.49. The van der Waals surface area contributed by atoms with E-state index >= 15 is 8.78 Å². The average Bonchev–Trinajstić information content (AvgIpc) is 3.39. The van der Waals surface area contributed by atoms with Gasteiger partial charge in [-0.05, 0) is 61.9 Å². The summed E-state index contributed by atoms with van der Waals surface area (Å²) in [5, 5.41) is 4.75. The predicted octanol–water partition coefficient (Wildman–Crippen LogP) is 8.58. The Morgan fingerprint density at radius 1 is 0.881 bits per heavy atom. The van der Waals surface area contributed by atoms with Crippen LogP contribution < -0.4 is 5.01 Å². The number of hydrogen-bond acceptors (Lipinski definition) is 2. The van der Waals surface area contributed by atoms with Gasteiger partial charge in [-0.2, -0.15) is 40.8 Å². The largest absolute Gasteiger partial charge is 0.460 e. The van der Waals surface area contributed by atoms with Crippen molar-refractivity contribution in [2.75, 3.05) is 5.01 Å². The minimum atomic E-state index is -6.62. The molecule has 4 aromatic rings. The lowest BCUT2D eigenvalue weighted by Crippen LogP contribution is -2.56. The van der Waals surface area contributed by atoms with Crippen LogP contribution in [0.4, 0.5) is 36.4 Å². The Kier molecular flexibility index (Phi) is 7.21. The molecule has 0 unspecified atom stereocenters. The summed E-state index contributed by atoms with van der Waals surface area (Å²) in [6.45, 7) is 3.69. The summed E-state index contributed by atoms with van der Waals surface area (Å²) in [4.78, 5) is 13.5. The van der Waals surface area contributed by atoms with E-state index in [9.17, 15) is 26.7 Å². The SMILES string of the molecule is Cc1ccc2c(c1)c(/C=C1/C(=O)N(c3ccccc3)N=C1C(F)(F)C(F)(F)C(F)(F)F)c(C)n2Cc1ccc(Cl)cc1. The van der Waals surface area contributed by atoms with E-state index in [4.69, 9.17) is 11.6 Å². The summed E-state index contributed by atoms with van der Waals surface area (Å²) < 4.78 is 100. The second-order valence-electron chi connectivity index (χ2n) is 9.84. The summed E-state index contributed by atoms with van der Waals surface area (Å²) in [6.07, 6.45) is -5.70. The lowest BCUT2D eigenvalue weighted by Gasteiger charge is -2.27. The molecule has 0 bridgehead atoms. The van der Waals surface area contributed by atoms with E-state index in [-0.39, 0.29) is 11.3 Å².